The van der Waals surface area contributed by atoms with E-state index in [1.165, 1.54) is 5.69 Å². The number of rotatable bonds is 6. The van der Waals surface area contributed by atoms with Gasteiger partial charge in [0.2, 0.25) is 0 Å². The van der Waals surface area contributed by atoms with Gasteiger partial charge >= 0.3 is 0 Å². The summed E-state index contributed by atoms with van der Waals surface area (Å²) in [6.45, 7) is 9.00. The number of aromatic nitrogens is 1. The average molecular weight is 263 g/mol. The van der Waals surface area contributed by atoms with Crippen LogP contribution in [-0.4, -0.2) is 37.8 Å². The summed E-state index contributed by atoms with van der Waals surface area (Å²) in [5.41, 5.74) is 2.35. The molecule has 1 aromatic heterocycles. The van der Waals surface area contributed by atoms with Gasteiger partial charge < -0.3 is 15.0 Å². The zero-order valence-corrected chi connectivity index (χ0v) is 12.1. The molecule has 1 fully saturated rings. The number of ether oxygens (including phenoxy) is 1. The van der Waals surface area contributed by atoms with Crippen molar-refractivity contribution >= 4 is 5.69 Å². The van der Waals surface area contributed by atoms with Crippen molar-refractivity contribution in [1.29, 1.82) is 0 Å². The van der Waals surface area contributed by atoms with Crippen molar-refractivity contribution in [2.75, 3.05) is 37.7 Å². The van der Waals surface area contributed by atoms with Crippen LogP contribution >= 0.6 is 0 Å². The Hall–Kier alpha value is -1.13. The second kappa shape index (κ2) is 7.46. The zero-order valence-electron chi connectivity index (χ0n) is 12.1. The molecule has 2 heterocycles. The summed E-state index contributed by atoms with van der Waals surface area (Å²) >= 11 is 0. The molecule has 1 atom stereocenters. The van der Waals surface area contributed by atoms with Gasteiger partial charge in [-0.3, -0.25) is 4.98 Å². The van der Waals surface area contributed by atoms with Crippen molar-refractivity contribution in [3.05, 3.63) is 24.0 Å². The number of hydrogen-bond donors (Lipinski definition) is 1. The Morgan fingerprint density at radius 2 is 2.11 bits per heavy atom. The van der Waals surface area contributed by atoms with Gasteiger partial charge in [-0.1, -0.05) is 13.8 Å². The van der Waals surface area contributed by atoms with Gasteiger partial charge in [0.05, 0.1) is 30.8 Å². The van der Waals surface area contributed by atoms with Gasteiger partial charge in [-0.15, -0.1) is 0 Å². The summed E-state index contributed by atoms with van der Waals surface area (Å²) in [6, 6.07) is 4.71. The van der Waals surface area contributed by atoms with Gasteiger partial charge in [0.1, 0.15) is 0 Å². The van der Waals surface area contributed by atoms with E-state index >= 15 is 0 Å². The highest BCUT2D eigenvalue weighted by Crippen LogP contribution is 2.19. The lowest BCUT2D eigenvalue weighted by atomic mass is 10.1. The first kappa shape index (κ1) is 14.3. The smallest absolute Gasteiger partial charge is 0.0642 e. The van der Waals surface area contributed by atoms with Crippen molar-refractivity contribution in [3.8, 4) is 0 Å². The van der Waals surface area contributed by atoms with E-state index in [0.717, 1.165) is 51.4 Å². The lowest BCUT2D eigenvalue weighted by Gasteiger charge is -2.28. The number of hydrogen-bond acceptors (Lipinski definition) is 4. The fourth-order valence-corrected chi connectivity index (χ4v) is 2.39. The van der Waals surface area contributed by atoms with Crippen LogP contribution in [0.3, 0.4) is 0 Å². The Morgan fingerprint density at radius 3 is 2.68 bits per heavy atom. The van der Waals surface area contributed by atoms with E-state index in [-0.39, 0.29) is 0 Å². The highest BCUT2D eigenvalue weighted by atomic mass is 16.5. The highest BCUT2D eigenvalue weighted by Gasteiger charge is 2.13. The van der Waals surface area contributed by atoms with E-state index in [1.54, 1.807) is 0 Å². The normalized spacial score (nSPS) is 17.5. The summed E-state index contributed by atoms with van der Waals surface area (Å²) in [4.78, 5) is 6.97. The molecule has 0 amide bonds. The highest BCUT2D eigenvalue weighted by molar-refractivity contribution is 5.45. The lowest BCUT2D eigenvalue weighted by Crippen LogP contribution is -2.36. The topological polar surface area (TPSA) is 37.4 Å². The van der Waals surface area contributed by atoms with Crippen molar-refractivity contribution in [1.82, 2.24) is 10.3 Å². The molecule has 2 rings (SSSR count). The summed E-state index contributed by atoms with van der Waals surface area (Å²) in [5.74, 6) is 0. The Kier molecular flexibility index (Phi) is 5.61. The fraction of sp³-hybridized carbons (Fsp3) is 0.667. The van der Waals surface area contributed by atoms with Crippen LogP contribution < -0.4 is 10.2 Å². The third-order valence-corrected chi connectivity index (χ3v) is 3.55. The number of anilines is 1. The predicted octanol–water partition coefficient (Wildman–Crippen LogP) is 2.37. The number of nitrogens with one attached hydrogen (secondary N) is 1. The second-order valence-corrected chi connectivity index (χ2v) is 4.96. The first-order valence-corrected chi connectivity index (χ1v) is 7.37. The molecule has 4 nitrogen and oxygen atoms in total. The third-order valence-electron chi connectivity index (χ3n) is 3.55. The van der Waals surface area contributed by atoms with Crippen LogP contribution in [0.5, 0.6) is 0 Å². The second-order valence-electron chi connectivity index (χ2n) is 4.96. The van der Waals surface area contributed by atoms with Gasteiger partial charge in [0.25, 0.3) is 0 Å². The first-order valence-electron chi connectivity index (χ1n) is 7.37. The van der Waals surface area contributed by atoms with E-state index in [9.17, 15) is 0 Å². The maximum absolute atomic E-state index is 5.37. The molecule has 0 saturated carbocycles. The minimum absolute atomic E-state index is 0.374. The van der Waals surface area contributed by atoms with Crippen LogP contribution in [-0.2, 0) is 4.74 Å². The average Bonchev–Trinajstić information content (AvgIpc) is 2.49. The molecule has 4 heteroatoms. The maximum Gasteiger partial charge on any atom is 0.0642 e. The summed E-state index contributed by atoms with van der Waals surface area (Å²) in [6.07, 6.45) is 4.23. The van der Waals surface area contributed by atoms with E-state index in [1.807, 2.05) is 6.20 Å². The predicted molar refractivity (Wildman–Crippen MR) is 78.6 cm³/mol. The monoisotopic (exact) mass is 263 g/mol. The Bertz CT molecular complexity index is 360. The molecule has 1 aliphatic rings. The molecule has 0 aromatic carbocycles. The van der Waals surface area contributed by atoms with E-state index in [0.29, 0.717) is 6.04 Å². The van der Waals surface area contributed by atoms with Crippen molar-refractivity contribution < 1.29 is 4.74 Å². The summed E-state index contributed by atoms with van der Waals surface area (Å²) in [5, 5.41) is 3.54. The van der Waals surface area contributed by atoms with Gasteiger partial charge in [0, 0.05) is 19.1 Å². The lowest BCUT2D eigenvalue weighted by molar-refractivity contribution is 0.122. The van der Waals surface area contributed by atoms with Gasteiger partial charge in [-0.2, -0.15) is 0 Å². The number of pyridine rings is 1. The van der Waals surface area contributed by atoms with Crippen LogP contribution in [0.4, 0.5) is 5.69 Å². The largest absolute Gasteiger partial charge is 0.378 e. The van der Waals surface area contributed by atoms with Crippen molar-refractivity contribution in [2.24, 2.45) is 0 Å². The van der Waals surface area contributed by atoms with Gasteiger partial charge in [0.15, 0.2) is 0 Å². The molecule has 1 saturated heterocycles. The molecule has 19 heavy (non-hydrogen) atoms. The van der Waals surface area contributed by atoms with Crippen LogP contribution in [0.2, 0.25) is 0 Å². The molecule has 0 bridgehead atoms. The van der Waals surface area contributed by atoms with Gasteiger partial charge in [-0.25, -0.2) is 0 Å². The van der Waals surface area contributed by atoms with Crippen LogP contribution in [0, 0.1) is 0 Å². The van der Waals surface area contributed by atoms with E-state index in [2.05, 4.69) is 41.2 Å². The molecule has 1 aliphatic heterocycles. The van der Waals surface area contributed by atoms with E-state index in [4.69, 9.17) is 4.74 Å². The molecule has 0 radical (unpaired) electrons. The van der Waals surface area contributed by atoms with Gasteiger partial charge in [-0.05, 0) is 31.5 Å². The Balaban J connectivity index is 1.99. The molecule has 106 valence electrons. The van der Waals surface area contributed by atoms with Crippen molar-refractivity contribution in [2.45, 2.75) is 32.7 Å². The Morgan fingerprint density at radius 1 is 1.32 bits per heavy atom. The third kappa shape index (κ3) is 3.91. The maximum atomic E-state index is 5.37. The molecule has 1 aromatic rings. The van der Waals surface area contributed by atoms with Crippen LogP contribution in [0.25, 0.3) is 0 Å². The number of nitrogens with zero attached hydrogens (tertiary/aromatic N) is 2. The molecule has 1 unspecified atom stereocenters. The summed E-state index contributed by atoms with van der Waals surface area (Å²) in [7, 11) is 0. The van der Waals surface area contributed by atoms with Crippen LogP contribution in [0.1, 0.15) is 38.4 Å². The number of morpholine rings is 1. The SMILES string of the molecule is CCCNC(CC)c1ccc(N2CCOCC2)cn1. The molecule has 0 aliphatic carbocycles. The zero-order chi connectivity index (χ0) is 13.5. The quantitative estimate of drug-likeness (QED) is 0.855. The Labute approximate surface area is 116 Å². The minimum atomic E-state index is 0.374. The van der Waals surface area contributed by atoms with E-state index < -0.39 is 0 Å². The van der Waals surface area contributed by atoms with Crippen molar-refractivity contribution in [3.63, 3.8) is 0 Å². The standard InChI is InChI=1S/C15H25N3O/c1-3-7-16-14(4-2)15-6-5-13(12-17-15)18-8-10-19-11-9-18/h5-6,12,14,16H,3-4,7-11H2,1-2H3. The first-order chi connectivity index (χ1) is 9.35. The summed E-state index contributed by atoms with van der Waals surface area (Å²) < 4.78 is 5.37. The molecule has 0 spiro atoms. The minimum Gasteiger partial charge on any atom is -0.378 e. The van der Waals surface area contributed by atoms with Crippen LogP contribution in [0.15, 0.2) is 18.3 Å². The molecular weight excluding hydrogens is 238 g/mol. The fourth-order valence-electron chi connectivity index (χ4n) is 2.39. The molecule has 1 N–H and O–H groups in total. The molecular formula is C15H25N3O.